The van der Waals surface area contributed by atoms with E-state index in [4.69, 9.17) is 14.2 Å². The van der Waals surface area contributed by atoms with Crippen molar-refractivity contribution in [1.82, 2.24) is 9.55 Å². The maximum absolute atomic E-state index is 12.4. The molecular weight excluding hydrogens is 484 g/mol. The van der Waals surface area contributed by atoms with Gasteiger partial charge in [-0.15, -0.1) is 0 Å². The van der Waals surface area contributed by atoms with Crippen LogP contribution in [0.15, 0.2) is 101 Å². The number of aliphatic hydroxyl groups is 1. The molecule has 196 valence electrons. The Bertz CT molecular complexity index is 1440. The second-order valence-electron chi connectivity index (χ2n) is 9.36. The third kappa shape index (κ3) is 4.81. The summed E-state index contributed by atoms with van der Waals surface area (Å²) in [7, 11) is 1.62. The fourth-order valence-corrected chi connectivity index (χ4v) is 4.96. The van der Waals surface area contributed by atoms with E-state index in [1.165, 1.54) is 10.8 Å². The molecule has 1 fully saturated rings. The number of nitrogens with one attached hydrogen (secondary N) is 1. The van der Waals surface area contributed by atoms with Crippen LogP contribution in [0.3, 0.4) is 0 Å². The van der Waals surface area contributed by atoms with E-state index in [-0.39, 0.29) is 13.0 Å². The van der Waals surface area contributed by atoms with Crippen LogP contribution in [-0.4, -0.2) is 40.6 Å². The third-order valence-electron chi connectivity index (χ3n) is 6.98. The molecule has 2 N–H and O–H groups in total. The van der Waals surface area contributed by atoms with Crippen molar-refractivity contribution in [2.45, 2.75) is 37.4 Å². The molecule has 3 aromatic carbocycles. The summed E-state index contributed by atoms with van der Waals surface area (Å²) in [5, 5.41) is 10.9. The molecule has 1 saturated heterocycles. The molecule has 4 aromatic rings. The lowest BCUT2D eigenvalue weighted by molar-refractivity contribution is -0.0944. The van der Waals surface area contributed by atoms with Crippen LogP contribution >= 0.6 is 0 Å². The Morgan fingerprint density at radius 1 is 0.947 bits per heavy atom. The Morgan fingerprint density at radius 2 is 1.53 bits per heavy atom. The van der Waals surface area contributed by atoms with Gasteiger partial charge in [0.15, 0.2) is 0 Å². The van der Waals surface area contributed by atoms with Gasteiger partial charge in [0.05, 0.1) is 19.8 Å². The number of methoxy groups -OCH3 is 1. The number of aliphatic hydroxyl groups excluding tert-OH is 1. The van der Waals surface area contributed by atoms with Gasteiger partial charge in [-0.2, -0.15) is 0 Å². The highest BCUT2D eigenvalue weighted by Crippen LogP contribution is 2.42. The van der Waals surface area contributed by atoms with Crippen LogP contribution in [0.1, 0.15) is 34.9 Å². The van der Waals surface area contributed by atoms with Crippen molar-refractivity contribution in [3.05, 3.63) is 134 Å². The van der Waals surface area contributed by atoms with Gasteiger partial charge in [-0.05, 0) is 35.7 Å². The fourth-order valence-electron chi connectivity index (χ4n) is 4.96. The maximum Gasteiger partial charge on any atom is 0.330 e. The minimum absolute atomic E-state index is 0.0462. The number of H-pyrrole nitrogens is 1. The van der Waals surface area contributed by atoms with Gasteiger partial charge in [-0.3, -0.25) is 14.3 Å². The minimum atomic E-state index is -1.01. The van der Waals surface area contributed by atoms with Gasteiger partial charge in [0.25, 0.3) is 5.56 Å². The second kappa shape index (κ2) is 10.8. The molecule has 1 unspecified atom stereocenters. The summed E-state index contributed by atoms with van der Waals surface area (Å²) in [6.45, 7) is 1.66. The van der Waals surface area contributed by atoms with Crippen molar-refractivity contribution in [2.75, 3.05) is 13.7 Å². The zero-order chi connectivity index (χ0) is 26.7. The van der Waals surface area contributed by atoms with Crippen LogP contribution in [0.25, 0.3) is 0 Å². The highest BCUT2D eigenvalue weighted by Gasteiger charge is 2.42. The summed E-state index contributed by atoms with van der Waals surface area (Å²) >= 11 is 0. The first-order valence-electron chi connectivity index (χ1n) is 12.5. The fraction of sp³-hybridized carbons (Fsp3) is 0.267. The number of ether oxygens (including phenoxy) is 3. The molecule has 0 radical (unpaired) electrons. The lowest BCUT2D eigenvalue weighted by atomic mass is 9.80. The molecule has 0 aliphatic carbocycles. The van der Waals surface area contributed by atoms with Crippen molar-refractivity contribution in [1.29, 1.82) is 0 Å². The summed E-state index contributed by atoms with van der Waals surface area (Å²) in [4.78, 5) is 26.5. The molecule has 1 aliphatic heterocycles. The SMILES string of the molecule is COc1ccc(C(OC[C@H]2O[C@@H](n3cc(C)c(=O)[nH]c3=O)CC2O)(c2ccccc2)c2ccccc2)cc1. The zero-order valence-electron chi connectivity index (χ0n) is 21.2. The number of benzene rings is 3. The number of aromatic nitrogens is 2. The first kappa shape index (κ1) is 25.7. The number of aromatic amines is 1. The first-order valence-corrected chi connectivity index (χ1v) is 12.5. The molecule has 0 bridgehead atoms. The van der Waals surface area contributed by atoms with Crippen LogP contribution < -0.4 is 16.0 Å². The van der Waals surface area contributed by atoms with Crippen molar-refractivity contribution < 1.29 is 19.3 Å². The number of rotatable bonds is 8. The summed E-state index contributed by atoms with van der Waals surface area (Å²) in [5.41, 5.74) is 1.05. The van der Waals surface area contributed by atoms with Crippen molar-refractivity contribution in [2.24, 2.45) is 0 Å². The molecule has 0 amide bonds. The van der Waals surface area contributed by atoms with E-state index in [0.717, 1.165) is 22.4 Å². The highest BCUT2D eigenvalue weighted by molar-refractivity contribution is 5.48. The Kier molecular flexibility index (Phi) is 7.28. The van der Waals surface area contributed by atoms with Gasteiger partial charge in [0.1, 0.15) is 23.7 Å². The lowest BCUT2D eigenvalue weighted by Crippen LogP contribution is -2.38. The van der Waals surface area contributed by atoms with Gasteiger partial charge < -0.3 is 19.3 Å². The first-order chi connectivity index (χ1) is 18.4. The molecule has 1 aromatic heterocycles. The van der Waals surface area contributed by atoms with Gasteiger partial charge in [-0.1, -0.05) is 72.8 Å². The topological polar surface area (TPSA) is 103 Å². The standard InChI is InChI=1S/C30H30N2O6/c1-20-18-32(29(35)31-28(20)34)27-17-25(33)26(38-27)19-37-30(21-9-5-3-6-10-21,22-11-7-4-8-12-22)23-13-15-24(36-2)16-14-23/h3-16,18,25-27,33H,17,19H2,1-2H3,(H,31,34,35)/t25?,26-,27-/m1/s1. The van der Waals surface area contributed by atoms with E-state index in [1.807, 2.05) is 84.9 Å². The molecule has 0 spiro atoms. The smallest absolute Gasteiger partial charge is 0.330 e. The molecule has 5 rings (SSSR count). The van der Waals surface area contributed by atoms with Crippen LogP contribution in [0, 0.1) is 6.92 Å². The number of nitrogens with zero attached hydrogens (tertiary/aromatic N) is 1. The van der Waals surface area contributed by atoms with Crippen molar-refractivity contribution >= 4 is 0 Å². The molecule has 8 nitrogen and oxygen atoms in total. The molecule has 38 heavy (non-hydrogen) atoms. The summed E-state index contributed by atoms with van der Waals surface area (Å²) in [6, 6.07) is 27.5. The molecule has 0 saturated carbocycles. The summed E-state index contributed by atoms with van der Waals surface area (Å²) in [6.07, 6.45) is -0.669. The molecule has 8 heteroatoms. The van der Waals surface area contributed by atoms with Crippen LogP contribution in [0.4, 0.5) is 0 Å². The quantitative estimate of drug-likeness (QED) is 0.349. The Balaban J connectivity index is 1.52. The largest absolute Gasteiger partial charge is 0.497 e. The summed E-state index contributed by atoms with van der Waals surface area (Å²) < 4.78 is 19.6. The normalized spacial score (nSPS) is 19.4. The van der Waals surface area contributed by atoms with E-state index in [1.54, 1.807) is 14.0 Å². The van der Waals surface area contributed by atoms with Crippen LogP contribution in [-0.2, 0) is 15.1 Å². The third-order valence-corrected chi connectivity index (χ3v) is 6.98. The Morgan fingerprint density at radius 3 is 2.11 bits per heavy atom. The number of hydrogen-bond donors (Lipinski definition) is 2. The monoisotopic (exact) mass is 514 g/mol. The van der Waals surface area contributed by atoms with Crippen molar-refractivity contribution in [3.63, 3.8) is 0 Å². The van der Waals surface area contributed by atoms with E-state index < -0.39 is 35.3 Å². The molecular formula is C30H30N2O6. The van der Waals surface area contributed by atoms with E-state index in [9.17, 15) is 14.7 Å². The van der Waals surface area contributed by atoms with Crippen molar-refractivity contribution in [3.8, 4) is 5.75 Å². The molecule has 2 heterocycles. The van der Waals surface area contributed by atoms with Crippen LogP contribution in [0.5, 0.6) is 5.75 Å². The average molecular weight is 515 g/mol. The lowest BCUT2D eigenvalue weighted by Gasteiger charge is -2.37. The van der Waals surface area contributed by atoms with Gasteiger partial charge in [0.2, 0.25) is 0 Å². The minimum Gasteiger partial charge on any atom is -0.497 e. The highest BCUT2D eigenvalue weighted by atomic mass is 16.6. The maximum atomic E-state index is 12.4. The van der Waals surface area contributed by atoms with Gasteiger partial charge in [0, 0.05) is 18.2 Å². The Hall–Kier alpha value is -3.98. The van der Waals surface area contributed by atoms with Crippen LogP contribution in [0.2, 0.25) is 0 Å². The predicted molar refractivity (Wildman–Crippen MR) is 142 cm³/mol. The van der Waals surface area contributed by atoms with Gasteiger partial charge >= 0.3 is 5.69 Å². The van der Waals surface area contributed by atoms with Gasteiger partial charge in [-0.25, -0.2) is 4.79 Å². The van der Waals surface area contributed by atoms with E-state index in [2.05, 4.69) is 4.98 Å². The average Bonchev–Trinajstić information content (AvgIpc) is 3.32. The number of aryl methyl sites for hydroxylation is 1. The zero-order valence-corrected chi connectivity index (χ0v) is 21.2. The van der Waals surface area contributed by atoms with E-state index >= 15 is 0 Å². The predicted octanol–water partition coefficient (Wildman–Crippen LogP) is 3.51. The molecule has 1 aliphatic rings. The Labute approximate surface area is 220 Å². The second-order valence-corrected chi connectivity index (χ2v) is 9.36. The molecule has 3 atom stereocenters. The summed E-state index contributed by atoms with van der Waals surface area (Å²) in [5.74, 6) is 0.725. The van der Waals surface area contributed by atoms with E-state index in [0.29, 0.717) is 5.56 Å². The number of hydrogen-bond acceptors (Lipinski definition) is 6.